The summed E-state index contributed by atoms with van der Waals surface area (Å²) in [6.07, 6.45) is 0.0755. The highest BCUT2D eigenvalue weighted by Gasteiger charge is 2.15. The van der Waals surface area contributed by atoms with E-state index >= 15 is 0 Å². The molecule has 0 bridgehead atoms. The maximum absolute atomic E-state index is 12.0. The summed E-state index contributed by atoms with van der Waals surface area (Å²) in [6.45, 7) is 7.69. The van der Waals surface area contributed by atoms with Gasteiger partial charge in [-0.3, -0.25) is 5.32 Å². The number of aryl methyl sites for hydroxylation is 1. The van der Waals surface area contributed by atoms with Crippen LogP contribution in [0.3, 0.4) is 0 Å². The molecule has 0 aliphatic carbocycles. The fraction of sp³-hybridized carbons (Fsp3) is 0.400. The molecule has 22 heavy (non-hydrogen) atoms. The summed E-state index contributed by atoms with van der Waals surface area (Å²) in [4.78, 5) is 12.0. The van der Waals surface area contributed by atoms with E-state index in [1.54, 1.807) is 0 Å². The molecule has 0 saturated heterocycles. The van der Waals surface area contributed by atoms with Crippen LogP contribution < -0.4 is 15.4 Å². The van der Waals surface area contributed by atoms with Gasteiger partial charge in [0.25, 0.3) is 0 Å². The molecule has 0 radical (unpaired) electrons. The van der Waals surface area contributed by atoms with Gasteiger partial charge in [-0.25, -0.2) is 4.79 Å². The number of urea groups is 1. The molecule has 2 aromatic rings. The molecule has 2 N–H and O–H groups in total. The molecule has 0 saturated carbocycles. The van der Waals surface area contributed by atoms with Crippen LogP contribution in [0.15, 0.2) is 24.3 Å². The molecule has 2 rings (SSSR count). The van der Waals surface area contributed by atoms with Gasteiger partial charge in [-0.05, 0) is 33.8 Å². The first-order valence-electron chi connectivity index (χ1n) is 7.09. The second-order valence-electron chi connectivity index (χ2n) is 5.15. The Balaban J connectivity index is 2.02. The van der Waals surface area contributed by atoms with E-state index < -0.39 is 0 Å². The lowest BCUT2D eigenvalue weighted by atomic mass is 10.1. The Kier molecular flexibility index (Phi) is 5.32. The van der Waals surface area contributed by atoms with E-state index in [0.717, 1.165) is 16.3 Å². The summed E-state index contributed by atoms with van der Waals surface area (Å²) in [5.74, 6) is 0.775. The smallest absolute Gasteiger partial charge is 0.321 e. The van der Waals surface area contributed by atoms with E-state index in [0.29, 0.717) is 5.13 Å². The van der Waals surface area contributed by atoms with E-state index in [9.17, 15) is 4.79 Å². The molecule has 0 unspecified atom stereocenters. The molecule has 7 heteroatoms. The summed E-state index contributed by atoms with van der Waals surface area (Å²) in [7, 11) is 0. The van der Waals surface area contributed by atoms with Crippen molar-refractivity contribution in [3.8, 4) is 5.75 Å². The largest absolute Gasteiger partial charge is 0.491 e. The summed E-state index contributed by atoms with van der Waals surface area (Å²) in [5, 5.41) is 14.6. The quantitative estimate of drug-likeness (QED) is 0.884. The number of nitrogens with zero attached hydrogens (tertiary/aromatic N) is 2. The van der Waals surface area contributed by atoms with Gasteiger partial charge in [0, 0.05) is 5.56 Å². The third-order valence-electron chi connectivity index (χ3n) is 2.84. The molecule has 0 aliphatic heterocycles. The number of amides is 2. The average molecular weight is 320 g/mol. The molecule has 1 heterocycles. The lowest BCUT2D eigenvalue weighted by Gasteiger charge is -2.19. The first-order chi connectivity index (χ1) is 10.5. The van der Waals surface area contributed by atoms with Crippen molar-refractivity contribution in [2.45, 2.75) is 39.8 Å². The van der Waals surface area contributed by atoms with Crippen molar-refractivity contribution in [1.82, 2.24) is 15.5 Å². The van der Waals surface area contributed by atoms with Crippen molar-refractivity contribution in [2.75, 3.05) is 5.32 Å². The highest BCUT2D eigenvalue weighted by molar-refractivity contribution is 7.15. The fourth-order valence-corrected chi connectivity index (χ4v) is 2.54. The van der Waals surface area contributed by atoms with Gasteiger partial charge in [-0.1, -0.05) is 29.5 Å². The van der Waals surface area contributed by atoms with Crippen molar-refractivity contribution in [2.24, 2.45) is 0 Å². The number of carbonyl (C=O) groups excluding carboxylic acids is 1. The zero-order valence-electron chi connectivity index (χ0n) is 13.1. The van der Waals surface area contributed by atoms with E-state index in [2.05, 4.69) is 20.8 Å². The summed E-state index contributed by atoms with van der Waals surface area (Å²) < 4.78 is 5.78. The minimum Gasteiger partial charge on any atom is -0.491 e. The highest BCUT2D eigenvalue weighted by Crippen LogP contribution is 2.25. The first kappa shape index (κ1) is 16.2. The zero-order valence-corrected chi connectivity index (χ0v) is 13.9. The molecule has 6 nitrogen and oxygen atoms in total. The number of anilines is 1. The summed E-state index contributed by atoms with van der Waals surface area (Å²) in [5.41, 5.74) is 0.930. The molecule has 1 aromatic carbocycles. The van der Waals surface area contributed by atoms with Gasteiger partial charge in [-0.15, -0.1) is 10.2 Å². The zero-order chi connectivity index (χ0) is 16.1. The number of hydrogen-bond donors (Lipinski definition) is 2. The number of rotatable bonds is 5. The van der Waals surface area contributed by atoms with Gasteiger partial charge in [-0.2, -0.15) is 0 Å². The maximum atomic E-state index is 12.0. The van der Waals surface area contributed by atoms with Crippen molar-refractivity contribution >= 4 is 22.5 Å². The number of nitrogens with one attached hydrogen (secondary N) is 2. The normalized spacial score (nSPS) is 12.0. The van der Waals surface area contributed by atoms with Crippen LogP contribution in [0.2, 0.25) is 0 Å². The van der Waals surface area contributed by atoms with Gasteiger partial charge in [0.1, 0.15) is 10.8 Å². The molecule has 0 aliphatic rings. The van der Waals surface area contributed by atoms with Crippen molar-refractivity contribution in [3.63, 3.8) is 0 Å². The Morgan fingerprint density at radius 1 is 1.23 bits per heavy atom. The number of para-hydroxylation sites is 1. The van der Waals surface area contributed by atoms with Crippen molar-refractivity contribution in [3.05, 3.63) is 34.8 Å². The number of aromatic nitrogens is 2. The monoisotopic (exact) mass is 320 g/mol. The van der Waals surface area contributed by atoms with Crippen LogP contribution in [0.4, 0.5) is 9.93 Å². The van der Waals surface area contributed by atoms with E-state index in [1.165, 1.54) is 11.3 Å². The van der Waals surface area contributed by atoms with Gasteiger partial charge < -0.3 is 10.1 Å². The third kappa shape index (κ3) is 4.42. The van der Waals surface area contributed by atoms with Crippen LogP contribution in [-0.2, 0) is 0 Å². The van der Waals surface area contributed by atoms with E-state index in [-0.39, 0.29) is 18.2 Å². The van der Waals surface area contributed by atoms with Crippen LogP contribution in [0.5, 0.6) is 5.75 Å². The number of ether oxygens (including phenoxy) is 1. The van der Waals surface area contributed by atoms with Gasteiger partial charge in [0.15, 0.2) is 0 Å². The van der Waals surface area contributed by atoms with E-state index in [1.807, 2.05) is 52.0 Å². The van der Waals surface area contributed by atoms with Crippen LogP contribution in [0.1, 0.15) is 37.4 Å². The third-order valence-corrected chi connectivity index (χ3v) is 3.60. The minimum absolute atomic E-state index is 0.0755. The SMILES string of the molecule is Cc1nnc(NC(=O)N[C@H](C)c2ccccc2OC(C)C)s1. The highest BCUT2D eigenvalue weighted by atomic mass is 32.1. The van der Waals surface area contributed by atoms with Crippen LogP contribution >= 0.6 is 11.3 Å². The van der Waals surface area contributed by atoms with Crippen LogP contribution in [-0.4, -0.2) is 22.3 Å². The summed E-state index contributed by atoms with van der Waals surface area (Å²) >= 11 is 1.33. The first-order valence-corrected chi connectivity index (χ1v) is 7.90. The Labute approximate surface area is 133 Å². The molecular formula is C15H20N4O2S. The Morgan fingerprint density at radius 2 is 1.95 bits per heavy atom. The topological polar surface area (TPSA) is 76.1 Å². The van der Waals surface area contributed by atoms with Gasteiger partial charge >= 0.3 is 6.03 Å². The molecule has 1 atom stereocenters. The lowest BCUT2D eigenvalue weighted by molar-refractivity contribution is 0.236. The predicted molar refractivity (Wildman–Crippen MR) is 87.4 cm³/mol. The van der Waals surface area contributed by atoms with Crippen LogP contribution in [0, 0.1) is 6.92 Å². The molecule has 0 spiro atoms. The lowest BCUT2D eigenvalue weighted by Crippen LogP contribution is -2.31. The van der Waals surface area contributed by atoms with E-state index in [4.69, 9.17) is 4.74 Å². The molecule has 118 valence electrons. The molecular weight excluding hydrogens is 300 g/mol. The second-order valence-corrected chi connectivity index (χ2v) is 6.33. The number of benzene rings is 1. The minimum atomic E-state index is -0.317. The average Bonchev–Trinajstić information content (AvgIpc) is 2.83. The predicted octanol–water partition coefficient (Wildman–Crippen LogP) is 3.52. The number of hydrogen-bond acceptors (Lipinski definition) is 5. The summed E-state index contributed by atoms with van der Waals surface area (Å²) in [6, 6.07) is 7.18. The second kappa shape index (κ2) is 7.22. The van der Waals surface area contributed by atoms with Crippen molar-refractivity contribution < 1.29 is 9.53 Å². The molecule has 0 fully saturated rings. The Hall–Kier alpha value is -2.15. The molecule has 2 amide bonds. The Morgan fingerprint density at radius 3 is 2.59 bits per heavy atom. The number of carbonyl (C=O) groups is 1. The maximum Gasteiger partial charge on any atom is 0.321 e. The Bertz CT molecular complexity index is 642. The van der Waals surface area contributed by atoms with Crippen LogP contribution in [0.25, 0.3) is 0 Å². The standard InChI is InChI=1S/C15H20N4O2S/c1-9(2)21-13-8-6-5-7-12(13)10(3)16-14(20)17-15-19-18-11(4)22-15/h5-10H,1-4H3,(H2,16,17,19,20)/t10-/m1/s1. The van der Waals surface area contributed by atoms with Crippen molar-refractivity contribution in [1.29, 1.82) is 0 Å². The fourth-order valence-electron chi connectivity index (χ4n) is 1.95. The van der Waals surface area contributed by atoms with Gasteiger partial charge in [0.05, 0.1) is 12.1 Å². The molecule has 1 aromatic heterocycles. The van der Waals surface area contributed by atoms with Gasteiger partial charge in [0.2, 0.25) is 5.13 Å².